The van der Waals surface area contributed by atoms with Gasteiger partial charge in [0.15, 0.2) is 5.82 Å². The zero-order valence-electron chi connectivity index (χ0n) is 14.9. The molecule has 1 unspecified atom stereocenters. The summed E-state index contributed by atoms with van der Waals surface area (Å²) in [5.74, 6) is 1.34. The van der Waals surface area contributed by atoms with Gasteiger partial charge in [-0.3, -0.25) is 4.90 Å². The molecule has 7 nitrogen and oxygen atoms in total. The lowest BCUT2D eigenvalue weighted by atomic mass is 9.96. The van der Waals surface area contributed by atoms with Crippen molar-refractivity contribution < 1.29 is 12.9 Å². The molecule has 0 radical (unpaired) electrons. The van der Waals surface area contributed by atoms with E-state index in [2.05, 4.69) is 42.7 Å². The number of sulfonamides is 1. The number of hydrogen-bond acceptors (Lipinski definition) is 6. The summed E-state index contributed by atoms with van der Waals surface area (Å²) in [4.78, 5) is 6.79. The Hall–Kier alpha value is -0.990. The number of nitrogens with zero attached hydrogens (tertiary/aromatic N) is 4. The minimum atomic E-state index is -3.13. The molecule has 2 heterocycles. The summed E-state index contributed by atoms with van der Waals surface area (Å²) < 4.78 is 30.2. The van der Waals surface area contributed by atoms with Crippen molar-refractivity contribution in [2.45, 2.75) is 58.0 Å². The smallest absolute Gasteiger partial charge is 0.243 e. The molecule has 1 atom stereocenters. The molecule has 0 amide bonds. The van der Waals surface area contributed by atoms with Gasteiger partial charge in [-0.25, -0.2) is 12.7 Å². The molecule has 0 saturated carbocycles. The number of aromatic nitrogens is 2. The highest BCUT2D eigenvalue weighted by atomic mass is 32.2. The zero-order chi connectivity index (χ0) is 17.4. The lowest BCUT2D eigenvalue weighted by Gasteiger charge is -2.37. The molecular weight excluding hydrogens is 316 g/mol. The predicted molar refractivity (Wildman–Crippen MR) is 88.6 cm³/mol. The Labute approximate surface area is 139 Å². The lowest BCUT2D eigenvalue weighted by Crippen LogP contribution is -2.45. The molecule has 132 valence electrons. The van der Waals surface area contributed by atoms with Gasteiger partial charge in [0.2, 0.25) is 15.9 Å². The van der Waals surface area contributed by atoms with Crippen LogP contribution in [0, 0.1) is 0 Å². The van der Waals surface area contributed by atoms with Crippen LogP contribution in [0.4, 0.5) is 0 Å². The highest BCUT2D eigenvalue weighted by Crippen LogP contribution is 2.27. The number of hydrogen-bond donors (Lipinski definition) is 0. The van der Waals surface area contributed by atoms with Crippen LogP contribution in [0.3, 0.4) is 0 Å². The van der Waals surface area contributed by atoms with E-state index in [0.717, 1.165) is 25.9 Å². The van der Waals surface area contributed by atoms with Gasteiger partial charge < -0.3 is 4.52 Å². The monoisotopic (exact) mass is 344 g/mol. The van der Waals surface area contributed by atoms with Crippen molar-refractivity contribution in [1.82, 2.24) is 19.3 Å². The standard InChI is InChI=1S/C15H28N4O3S/c1-11(13-16-14(17-22-13)15(2,3)4)19-9-7-12(8-10-19)18(5)23(6,20)21/h11-12H,7-10H2,1-6H3. The molecule has 1 aromatic heterocycles. The summed E-state index contributed by atoms with van der Waals surface area (Å²) in [6, 6.07) is 0.115. The summed E-state index contributed by atoms with van der Waals surface area (Å²) in [5.41, 5.74) is -0.132. The third-order valence-electron chi connectivity index (χ3n) is 4.55. The fourth-order valence-electron chi connectivity index (χ4n) is 2.77. The molecule has 1 aliphatic rings. The second-order valence-electron chi connectivity index (χ2n) is 7.43. The second-order valence-corrected chi connectivity index (χ2v) is 9.47. The zero-order valence-corrected chi connectivity index (χ0v) is 15.7. The van der Waals surface area contributed by atoms with Crippen molar-refractivity contribution in [1.29, 1.82) is 0 Å². The van der Waals surface area contributed by atoms with Crippen molar-refractivity contribution in [3.05, 3.63) is 11.7 Å². The van der Waals surface area contributed by atoms with Crippen molar-refractivity contribution in [2.24, 2.45) is 0 Å². The average molecular weight is 344 g/mol. The Morgan fingerprint density at radius 3 is 2.30 bits per heavy atom. The Bertz CT molecular complexity index is 627. The van der Waals surface area contributed by atoms with Crippen molar-refractivity contribution in [2.75, 3.05) is 26.4 Å². The maximum absolute atomic E-state index is 11.6. The minimum Gasteiger partial charge on any atom is -0.338 e. The van der Waals surface area contributed by atoms with Crippen LogP contribution < -0.4 is 0 Å². The maximum atomic E-state index is 11.6. The van der Waals surface area contributed by atoms with Crippen molar-refractivity contribution in [3.8, 4) is 0 Å². The van der Waals surface area contributed by atoms with Gasteiger partial charge in [0.25, 0.3) is 0 Å². The van der Waals surface area contributed by atoms with Crippen LogP contribution in [-0.2, 0) is 15.4 Å². The van der Waals surface area contributed by atoms with E-state index in [1.807, 2.05) is 0 Å². The van der Waals surface area contributed by atoms with E-state index in [-0.39, 0.29) is 17.5 Å². The van der Waals surface area contributed by atoms with Gasteiger partial charge in [-0.05, 0) is 19.8 Å². The highest BCUT2D eigenvalue weighted by Gasteiger charge is 2.31. The molecule has 1 aliphatic heterocycles. The summed E-state index contributed by atoms with van der Waals surface area (Å²) in [6.07, 6.45) is 2.89. The van der Waals surface area contributed by atoms with Crippen LogP contribution in [0.5, 0.6) is 0 Å². The first-order valence-electron chi connectivity index (χ1n) is 8.01. The van der Waals surface area contributed by atoms with Gasteiger partial charge in [-0.1, -0.05) is 25.9 Å². The Balaban J connectivity index is 1.98. The van der Waals surface area contributed by atoms with Crippen LogP contribution in [0.2, 0.25) is 0 Å². The molecule has 2 rings (SSSR count). The fraction of sp³-hybridized carbons (Fsp3) is 0.867. The summed E-state index contributed by atoms with van der Waals surface area (Å²) in [7, 11) is -1.47. The third-order valence-corrected chi connectivity index (χ3v) is 5.90. The van der Waals surface area contributed by atoms with Gasteiger partial charge in [-0.2, -0.15) is 4.98 Å². The number of likely N-dealkylation sites (tertiary alicyclic amines) is 1. The highest BCUT2D eigenvalue weighted by molar-refractivity contribution is 7.88. The fourth-order valence-corrected chi connectivity index (χ4v) is 3.53. The van der Waals surface area contributed by atoms with E-state index in [1.165, 1.54) is 10.6 Å². The SMILES string of the molecule is CC(c1nc(C(C)(C)C)no1)N1CCC(N(C)S(C)(=O)=O)CC1. The first-order chi connectivity index (χ1) is 10.5. The largest absolute Gasteiger partial charge is 0.338 e. The Kier molecular flexibility index (Phi) is 5.18. The van der Waals surface area contributed by atoms with Gasteiger partial charge >= 0.3 is 0 Å². The van der Waals surface area contributed by atoms with Crippen LogP contribution in [0.1, 0.15) is 58.3 Å². The van der Waals surface area contributed by atoms with Gasteiger partial charge in [0, 0.05) is 31.6 Å². The summed E-state index contributed by atoms with van der Waals surface area (Å²) >= 11 is 0. The summed E-state index contributed by atoms with van der Waals surface area (Å²) in [6.45, 7) is 9.86. The van der Waals surface area contributed by atoms with Crippen LogP contribution in [0.15, 0.2) is 4.52 Å². The molecule has 0 N–H and O–H groups in total. The van der Waals surface area contributed by atoms with E-state index < -0.39 is 10.0 Å². The summed E-state index contributed by atoms with van der Waals surface area (Å²) in [5, 5.41) is 4.08. The van der Waals surface area contributed by atoms with E-state index in [0.29, 0.717) is 11.7 Å². The third kappa shape index (κ3) is 4.30. The molecule has 0 bridgehead atoms. The first kappa shape index (κ1) is 18.4. The van der Waals surface area contributed by atoms with E-state index in [4.69, 9.17) is 4.52 Å². The Morgan fingerprint density at radius 2 is 1.87 bits per heavy atom. The Morgan fingerprint density at radius 1 is 1.30 bits per heavy atom. The van der Waals surface area contributed by atoms with Crippen molar-refractivity contribution in [3.63, 3.8) is 0 Å². The van der Waals surface area contributed by atoms with Gasteiger partial charge in [-0.15, -0.1) is 0 Å². The molecule has 1 fully saturated rings. The molecule has 0 spiro atoms. The molecular formula is C15H28N4O3S. The molecule has 0 aromatic carbocycles. The van der Waals surface area contributed by atoms with Crippen LogP contribution in [0.25, 0.3) is 0 Å². The topological polar surface area (TPSA) is 79.5 Å². The molecule has 0 aliphatic carbocycles. The van der Waals surface area contributed by atoms with Crippen LogP contribution >= 0.6 is 0 Å². The number of rotatable bonds is 4. The molecule has 23 heavy (non-hydrogen) atoms. The van der Waals surface area contributed by atoms with Gasteiger partial charge in [0.1, 0.15) is 0 Å². The lowest BCUT2D eigenvalue weighted by molar-refractivity contribution is 0.114. The van der Waals surface area contributed by atoms with E-state index in [1.54, 1.807) is 7.05 Å². The quantitative estimate of drug-likeness (QED) is 0.828. The van der Waals surface area contributed by atoms with Crippen LogP contribution in [-0.4, -0.2) is 60.2 Å². The van der Waals surface area contributed by atoms with E-state index in [9.17, 15) is 8.42 Å². The number of piperidine rings is 1. The second kappa shape index (κ2) is 6.49. The van der Waals surface area contributed by atoms with Gasteiger partial charge in [0.05, 0.1) is 12.3 Å². The van der Waals surface area contributed by atoms with E-state index >= 15 is 0 Å². The van der Waals surface area contributed by atoms with Crippen molar-refractivity contribution >= 4 is 10.0 Å². The molecule has 1 aromatic rings. The minimum absolute atomic E-state index is 0.0445. The molecule has 8 heteroatoms. The predicted octanol–water partition coefficient (Wildman–Crippen LogP) is 1.78. The average Bonchev–Trinajstić information content (AvgIpc) is 2.95. The maximum Gasteiger partial charge on any atom is 0.243 e. The first-order valence-corrected chi connectivity index (χ1v) is 9.86. The molecule has 1 saturated heterocycles. The normalized spacial score (nSPS) is 20.1.